The molecule has 5 aliphatic rings. The van der Waals surface area contributed by atoms with Gasteiger partial charge in [-0.25, -0.2) is 0 Å². The number of alkyl halides is 2. The van der Waals surface area contributed by atoms with Crippen LogP contribution < -0.4 is 19.3 Å². The van der Waals surface area contributed by atoms with E-state index in [1.165, 1.54) is 38.3 Å². The number of benzene rings is 2. The van der Waals surface area contributed by atoms with Gasteiger partial charge in [0.2, 0.25) is 17.6 Å². The molecule has 2 aromatic carbocycles. The van der Waals surface area contributed by atoms with Crippen molar-refractivity contribution in [2.45, 2.75) is 28.5 Å². The number of hydrogen-bond acceptors (Lipinski definition) is 9. The SMILES string of the molecule is COc1cc([C@H]2C3=CC[C@@H]4C(=O)N(c5ccc(N6CCOCC6)cc5)C(=O)[C@@H]4[C@@H]3C[C@@]3(Cl)C(=O)N(C)C(=O)[C@@]23Cl)cc(OC)c1O. The third-order valence-corrected chi connectivity index (χ3v) is 11.7. The zero-order valence-electron chi connectivity index (χ0n) is 25.5. The van der Waals surface area contributed by atoms with Gasteiger partial charge in [0.15, 0.2) is 21.2 Å². The van der Waals surface area contributed by atoms with Gasteiger partial charge in [-0.3, -0.25) is 29.0 Å². The van der Waals surface area contributed by atoms with Gasteiger partial charge < -0.3 is 24.2 Å². The van der Waals surface area contributed by atoms with Crippen molar-refractivity contribution in [2.24, 2.45) is 17.8 Å². The van der Waals surface area contributed by atoms with Crippen molar-refractivity contribution in [3.05, 3.63) is 53.6 Å². The molecule has 0 aromatic heterocycles. The molecule has 0 spiro atoms. The molecule has 46 heavy (non-hydrogen) atoms. The van der Waals surface area contributed by atoms with Gasteiger partial charge >= 0.3 is 0 Å². The van der Waals surface area contributed by atoms with Gasteiger partial charge in [-0.05, 0) is 60.7 Å². The first-order chi connectivity index (χ1) is 22.0. The van der Waals surface area contributed by atoms with Crippen molar-refractivity contribution in [3.8, 4) is 17.2 Å². The van der Waals surface area contributed by atoms with E-state index in [1.54, 1.807) is 12.1 Å². The number of methoxy groups -OCH3 is 2. The number of fused-ring (bicyclic) bond motifs is 4. The van der Waals surface area contributed by atoms with Crippen LogP contribution in [0.4, 0.5) is 11.4 Å². The largest absolute Gasteiger partial charge is 0.502 e. The second kappa shape index (κ2) is 10.9. The molecular weight excluding hydrogens is 637 g/mol. The first kappa shape index (κ1) is 30.8. The standard InChI is InChI=1S/C33H33Cl2N3O8/c1-36-30(42)32(34)16-22-20(26(33(32,35)31(36)43)17-14-23(44-2)27(39)24(15-17)45-3)8-9-21-25(22)29(41)38(28(21)40)19-6-4-18(5-7-19)37-10-12-46-13-11-37/h4-8,14-15,21-22,25-26,39H,9-13,16H2,1-3H3/t21-,22+,25-,26-,32+,33-/m0/s1. The number of morpholine rings is 1. The third kappa shape index (κ3) is 4.07. The van der Waals surface area contributed by atoms with E-state index >= 15 is 0 Å². The van der Waals surface area contributed by atoms with Gasteiger partial charge in [0.25, 0.3) is 11.8 Å². The van der Waals surface area contributed by atoms with Gasteiger partial charge in [0.05, 0.1) is 45.0 Å². The molecule has 0 bridgehead atoms. The molecule has 0 radical (unpaired) electrons. The lowest BCUT2D eigenvalue weighted by molar-refractivity contribution is -0.138. The minimum absolute atomic E-state index is 0.0650. The summed E-state index contributed by atoms with van der Waals surface area (Å²) in [6, 6.07) is 10.4. The number of allylic oxidation sites excluding steroid dienone is 2. The van der Waals surface area contributed by atoms with E-state index in [4.69, 9.17) is 37.4 Å². The smallest absolute Gasteiger partial charge is 0.253 e. The maximum Gasteiger partial charge on any atom is 0.253 e. The molecule has 4 fully saturated rings. The number of likely N-dealkylation sites (tertiary alicyclic amines) is 1. The van der Waals surface area contributed by atoms with Crippen LogP contribution in [-0.2, 0) is 23.9 Å². The molecule has 1 N–H and O–H groups in total. The van der Waals surface area contributed by atoms with Crippen molar-refractivity contribution in [1.29, 1.82) is 0 Å². The predicted molar refractivity (Wildman–Crippen MR) is 169 cm³/mol. The van der Waals surface area contributed by atoms with Gasteiger partial charge in [-0.1, -0.05) is 11.6 Å². The summed E-state index contributed by atoms with van der Waals surface area (Å²) in [7, 11) is 4.08. The fourth-order valence-electron chi connectivity index (χ4n) is 8.09. The topological polar surface area (TPSA) is 126 Å². The molecule has 2 aliphatic carbocycles. The predicted octanol–water partition coefficient (Wildman–Crippen LogP) is 3.44. The first-order valence-electron chi connectivity index (χ1n) is 15.1. The van der Waals surface area contributed by atoms with Crippen LogP contribution >= 0.6 is 23.2 Å². The third-order valence-electron chi connectivity index (χ3n) is 10.3. The normalized spacial score (nSPS) is 32.3. The lowest BCUT2D eigenvalue weighted by Gasteiger charge is -2.50. The van der Waals surface area contributed by atoms with E-state index in [-0.39, 0.29) is 36.0 Å². The average molecular weight is 671 g/mol. The number of rotatable bonds is 5. The molecule has 3 heterocycles. The van der Waals surface area contributed by atoms with E-state index in [1.807, 2.05) is 18.2 Å². The van der Waals surface area contributed by atoms with Crippen molar-refractivity contribution in [2.75, 3.05) is 57.4 Å². The molecule has 3 aliphatic heterocycles. The van der Waals surface area contributed by atoms with Gasteiger partial charge in [-0.15, -0.1) is 23.2 Å². The molecule has 3 saturated heterocycles. The zero-order chi connectivity index (χ0) is 32.7. The molecule has 13 heteroatoms. The molecule has 242 valence electrons. The molecule has 0 unspecified atom stereocenters. The van der Waals surface area contributed by atoms with Crippen LogP contribution in [0.2, 0.25) is 0 Å². The zero-order valence-corrected chi connectivity index (χ0v) is 27.0. The highest BCUT2D eigenvalue weighted by Gasteiger charge is 2.76. The number of imide groups is 2. The molecule has 2 aromatic rings. The minimum Gasteiger partial charge on any atom is -0.502 e. The Balaban J connectivity index is 1.31. The van der Waals surface area contributed by atoms with Gasteiger partial charge in [-0.2, -0.15) is 0 Å². The second-order valence-corrected chi connectivity index (χ2v) is 13.6. The first-order valence-corrected chi connectivity index (χ1v) is 15.9. The van der Waals surface area contributed by atoms with Crippen LogP contribution in [0.3, 0.4) is 0 Å². The monoisotopic (exact) mass is 669 g/mol. The Morgan fingerprint density at radius 3 is 2.11 bits per heavy atom. The summed E-state index contributed by atoms with van der Waals surface area (Å²) in [4.78, 5) is 56.2. The number of phenols is 1. The Morgan fingerprint density at radius 1 is 0.891 bits per heavy atom. The molecule has 11 nitrogen and oxygen atoms in total. The summed E-state index contributed by atoms with van der Waals surface area (Å²) >= 11 is 14.5. The Labute approximate surface area is 275 Å². The number of ether oxygens (including phenoxy) is 3. The van der Waals surface area contributed by atoms with E-state index in [0.29, 0.717) is 30.0 Å². The van der Waals surface area contributed by atoms with E-state index < -0.39 is 51.1 Å². The number of nitrogens with zero attached hydrogens (tertiary/aromatic N) is 3. The van der Waals surface area contributed by atoms with Crippen molar-refractivity contribution in [3.63, 3.8) is 0 Å². The number of anilines is 2. The number of phenolic OH excluding ortho intramolecular Hbond substituents is 1. The Morgan fingerprint density at radius 2 is 1.50 bits per heavy atom. The molecule has 6 atom stereocenters. The fraction of sp³-hybridized carbons (Fsp3) is 0.455. The summed E-state index contributed by atoms with van der Waals surface area (Å²) in [5.74, 6) is -5.41. The number of hydrogen-bond donors (Lipinski definition) is 1. The van der Waals surface area contributed by atoms with Crippen LogP contribution in [0.1, 0.15) is 24.3 Å². The summed E-state index contributed by atoms with van der Waals surface area (Å²) in [6.45, 7) is 2.76. The molecular formula is C33H33Cl2N3O8. The Hall–Kier alpha value is -3.80. The van der Waals surface area contributed by atoms with Crippen molar-refractivity contribution >= 4 is 58.2 Å². The maximum atomic E-state index is 14.3. The van der Waals surface area contributed by atoms with E-state index in [0.717, 1.165) is 23.7 Å². The summed E-state index contributed by atoms with van der Waals surface area (Å²) < 4.78 is 16.2. The van der Waals surface area contributed by atoms with E-state index in [2.05, 4.69) is 4.90 Å². The number of carbonyl (C=O) groups is 4. The Kier molecular flexibility index (Phi) is 7.30. The number of amides is 4. The van der Waals surface area contributed by atoms with Crippen molar-refractivity contribution in [1.82, 2.24) is 4.90 Å². The van der Waals surface area contributed by atoms with Crippen LogP contribution in [-0.4, -0.2) is 91.0 Å². The molecule has 7 rings (SSSR count). The fourth-order valence-corrected chi connectivity index (χ4v) is 9.11. The lowest BCUT2D eigenvalue weighted by Crippen LogP contribution is -2.60. The van der Waals surface area contributed by atoms with E-state index in [9.17, 15) is 24.3 Å². The number of carbonyl (C=O) groups excluding carboxylic acids is 4. The molecule has 1 saturated carbocycles. The number of halogens is 2. The minimum atomic E-state index is -1.97. The average Bonchev–Trinajstić information content (AvgIpc) is 3.40. The molecule has 4 amide bonds. The second-order valence-electron chi connectivity index (χ2n) is 12.4. The van der Waals surface area contributed by atoms with Gasteiger partial charge in [0, 0.05) is 31.7 Å². The quantitative estimate of drug-likeness (QED) is 0.289. The summed E-state index contributed by atoms with van der Waals surface area (Å²) in [6.07, 6.45) is 1.97. The lowest BCUT2D eigenvalue weighted by atomic mass is 9.56. The number of aromatic hydroxyl groups is 1. The highest BCUT2D eigenvalue weighted by molar-refractivity contribution is 6.53. The van der Waals surface area contributed by atoms with Gasteiger partial charge in [0.1, 0.15) is 0 Å². The highest BCUT2D eigenvalue weighted by atomic mass is 35.5. The van der Waals surface area contributed by atoms with Crippen LogP contribution in [0.15, 0.2) is 48.0 Å². The van der Waals surface area contributed by atoms with Crippen LogP contribution in [0, 0.1) is 17.8 Å². The van der Waals surface area contributed by atoms with Crippen LogP contribution in [0.5, 0.6) is 17.2 Å². The summed E-state index contributed by atoms with van der Waals surface area (Å²) in [5.41, 5.74) is 2.47. The maximum absolute atomic E-state index is 14.3. The highest BCUT2D eigenvalue weighted by Crippen LogP contribution is 2.66. The Bertz CT molecular complexity index is 1670. The van der Waals surface area contributed by atoms with Crippen molar-refractivity contribution < 1.29 is 38.5 Å². The van der Waals surface area contributed by atoms with Crippen LogP contribution in [0.25, 0.3) is 0 Å². The summed E-state index contributed by atoms with van der Waals surface area (Å²) in [5, 5.41) is 10.6.